The van der Waals surface area contributed by atoms with E-state index in [-0.39, 0.29) is 18.9 Å². The van der Waals surface area contributed by atoms with Crippen LogP contribution in [0.25, 0.3) is 0 Å². The van der Waals surface area contributed by atoms with E-state index in [0.717, 1.165) is 9.88 Å². The minimum atomic E-state index is -1.08. The molecule has 104 valence electrons. The fourth-order valence-corrected chi connectivity index (χ4v) is 2.05. The molecule has 1 rings (SSSR count). The second kappa shape index (κ2) is 6.83. The van der Waals surface area contributed by atoms with E-state index in [2.05, 4.69) is 15.6 Å². The fraction of sp³-hybridized carbons (Fsp3) is 0.455. The Balaban J connectivity index is 2.38. The van der Waals surface area contributed by atoms with Gasteiger partial charge in [0.25, 0.3) is 0 Å². The van der Waals surface area contributed by atoms with Crippen LogP contribution in [-0.2, 0) is 9.59 Å². The summed E-state index contributed by atoms with van der Waals surface area (Å²) in [6, 6.07) is -0.971. The number of nitrogens with zero attached hydrogens (tertiary/aromatic N) is 1. The van der Waals surface area contributed by atoms with E-state index in [0.29, 0.717) is 0 Å². The molecule has 0 aliphatic rings. The van der Waals surface area contributed by atoms with Crippen molar-refractivity contribution in [2.75, 3.05) is 0 Å². The number of carbonyl (C=O) groups is 3. The predicted octanol–water partition coefficient (Wildman–Crippen LogP) is 1.20. The Morgan fingerprint density at radius 1 is 1.42 bits per heavy atom. The van der Waals surface area contributed by atoms with E-state index in [4.69, 9.17) is 5.11 Å². The van der Waals surface area contributed by atoms with Gasteiger partial charge < -0.3 is 10.4 Å². The number of aliphatic carboxylic acids is 1. The van der Waals surface area contributed by atoms with Crippen LogP contribution < -0.4 is 10.6 Å². The van der Waals surface area contributed by atoms with Crippen molar-refractivity contribution in [3.8, 4) is 0 Å². The second-order valence-corrected chi connectivity index (χ2v) is 5.21. The summed E-state index contributed by atoms with van der Waals surface area (Å²) in [5.41, 5.74) is 0. The number of rotatable bonds is 5. The van der Waals surface area contributed by atoms with Gasteiger partial charge in [-0.25, -0.2) is 9.78 Å². The van der Waals surface area contributed by atoms with Crippen molar-refractivity contribution in [1.82, 2.24) is 15.6 Å². The lowest BCUT2D eigenvalue weighted by Gasteiger charge is -2.11. The van der Waals surface area contributed by atoms with Crippen LogP contribution in [0.2, 0.25) is 0 Å². The number of hydrogen-bond donors (Lipinski definition) is 3. The summed E-state index contributed by atoms with van der Waals surface area (Å²) in [5.74, 6) is -1.70. The maximum Gasteiger partial charge on any atom is 0.321 e. The van der Waals surface area contributed by atoms with Gasteiger partial charge in [0.1, 0.15) is 5.01 Å². The molecule has 0 saturated heterocycles. The van der Waals surface area contributed by atoms with Crippen LogP contribution in [0.3, 0.4) is 0 Å². The zero-order chi connectivity index (χ0) is 14.4. The van der Waals surface area contributed by atoms with Gasteiger partial charge in [0.2, 0.25) is 5.91 Å². The summed E-state index contributed by atoms with van der Waals surface area (Å²) in [6.45, 7) is 3.66. The van der Waals surface area contributed by atoms with E-state index in [1.165, 1.54) is 11.3 Å². The zero-order valence-electron chi connectivity index (χ0n) is 10.6. The molecule has 1 aromatic rings. The average molecular weight is 285 g/mol. The number of thiazole rings is 1. The van der Waals surface area contributed by atoms with E-state index >= 15 is 0 Å². The topological polar surface area (TPSA) is 108 Å². The monoisotopic (exact) mass is 285 g/mol. The summed E-state index contributed by atoms with van der Waals surface area (Å²) >= 11 is 1.45. The number of hydrogen-bond acceptors (Lipinski definition) is 5. The molecule has 3 amide bonds. The molecule has 8 heteroatoms. The standard InChI is InChI=1S/C11H15N3O4S/c1-6-5-12-10(19-6)7(2)13-11(18)14-8(15)3-4-9(16)17/h5,7H,3-4H2,1-2H3,(H,16,17)(H2,13,14,15,18). The molecule has 1 atom stereocenters. The summed E-state index contributed by atoms with van der Waals surface area (Å²) < 4.78 is 0. The Hall–Kier alpha value is -1.96. The van der Waals surface area contributed by atoms with Crippen LogP contribution in [-0.4, -0.2) is 28.0 Å². The highest BCUT2D eigenvalue weighted by molar-refractivity contribution is 7.11. The molecule has 7 nitrogen and oxygen atoms in total. The van der Waals surface area contributed by atoms with Gasteiger partial charge in [-0.15, -0.1) is 11.3 Å². The number of aromatic nitrogens is 1. The molecule has 0 fully saturated rings. The largest absolute Gasteiger partial charge is 0.481 e. The van der Waals surface area contributed by atoms with E-state index in [1.54, 1.807) is 13.1 Å². The van der Waals surface area contributed by atoms with Crippen LogP contribution >= 0.6 is 11.3 Å². The van der Waals surface area contributed by atoms with E-state index in [1.807, 2.05) is 6.92 Å². The average Bonchev–Trinajstić information content (AvgIpc) is 2.73. The van der Waals surface area contributed by atoms with Crippen molar-refractivity contribution in [1.29, 1.82) is 0 Å². The molecule has 0 saturated carbocycles. The first kappa shape index (κ1) is 15.1. The number of carbonyl (C=O) groups excluding carboxylic acids is 2. The molecule has 1 unspecified atom stereocenters. The third-order valence-corrected chi connectivity index (χ3v) is 3.27. The number of urea groups is 1. The third-order valence-electron chi connectivity index (χ3n) is 2.18. The Morgan fingerprint density at radius 3 is 2.63 bits per heavy atom. The van der Waals surface area contributed by atoms with Crippen molar-refractivity contribution in [2.24, 2.45) is 0 Å². The molecule has 0 radical (unpaired) electrons. The Labute approximate surface area is 114 Å². The van der Waals surface area contributed by atoms with Crippen LogP contribution in [0.4, 0.5) is 4.79 Å². The van der Waals surface area contributed by atoms with Crippen LogP contribution in [0.5, 0.6) is 0 Å². The lowest BCUT2D eigenvalue weighted by Crippen LogP contribution is -2.40. The van der Waals surface area contributed by atoms with Crippen molar-refractivity contribution in [3.63, 3.8) is 0 Å². The fourth-order valence-electron chi connectivity index (χ4n) is 1.28. The molecule has 19 heavy (non-hydrogen) atoms. The molecule has 0 bridgehead atoms. The summed E-state index contributed by atoms with van der Waals surface area (Å²) in [7, 11) is 0. The Kier molecular flexibility index (Phi) is 5.43. The minimum Gasteiger partial charge on any atom is -0.481 e. The normalized spacial score (nSPS) is 11.7. The summed E-state index contributed by atoms with van der Waals surface area (Å²) in [4.78, 5) is 38.1. The van der Waals surface area contributed by atoms with Gasteiger partial charge in [0.15, 0.2) is 0 Å². The SMILES string of the molecule is Cc1cnc(C(C)NC(=O)NC(=O)CCC(=O)O)s1. The summed E-state index contributed by atoms with van der Waals surface area (Å²) in [6.07, 6.45) is 1.17. The number of nitrogens with one attached hydrogen (secondary N) is 2. The Morgan fingerprint density at radius 2 is 2.11 bits per heavy atom. The number of carboxylic acids is 1. The summed E-state index contributed by atoms with van der Waals surface area (Å²) in [5, 5.41) is 13.8. The minimum absolute atomic E-state index is 0.229. The van der Waals surface area contributed by atoms with Crippen molar-refractivity contribution >= 4 is 29.2 Å². The Bertz CT molecular complexity index is 486. The quantitative estimate of drug-likeness (QED) is 0.753. The van der Waals surface area contributed by atoms with Crippen LogP contribution in [0.1, 0.15) is 35.7 Å². The molecule has 3 N–H and O–H groups in total. The number of aryl methyl sites for hydroxylation is 1. The van der Waals surface area contributed by atoms with Gasteiger partial charge >= 0.3 is 12.0 Å². The third kappa shape index (κ3) is 5.47. The van der Waals surface area contributed by atoms with Crippen molar-refractivity contribution in [3.05, 3.63) is 16.1 Å². The molecule has 1 aromatic heterocycles. The van der Waals surface area contributed by atoms with Gasteiger partial charge in [0.05, 0.1) is 12.5 Å². The number of imide groups is 1. The van der Waals surface area contributed by atoms with E-state index in [9.17, 15) is 14.4 Å². The van der Waals surface area contributed by atoms with Gasteiger partial charge in [0, 0.05) is 17.5 Å². The van der Waals surface area contributed by atoms with Gasteiger partial charge in [-0.05, 0) is 13.8 Å². The smallest absolute Gasteiger partial charge is 0.321 e. The molecule has 0 aliphatic carbocycles. The maximum atomic E-state index is 11.5. The highest BCUT2D eigenvalue weighted by Crippen LogP contribution is 2.18. The second-order valence-electron chi connectivity index (χ2n) is 3.95. The zero-order valence-corrected chi connectivity index (χ0v) is 11.4. The lowest BCUT2D eigenvalue weighted by atomic mass is 10.3. The molecular formula is C11H15N3O4S. The predicted molar refractivity (Wildman–Crippen MR) is 68.8 cm³/mol. The van der Waals surface area contributed by atoms with Gasteiger partial charge in [-0.2, -0.15) is 0 Å². The first-order chi connectivity index (χ1) is 8.88. The molecule has 1 heterocycles. The van der Waals surface area contributed by atoms with Crippen molar-refractivity contribution < 1.29 is 19.5 Å². The number of amides is 3. The highest BCUT2D eigenvalue weighted by Gasteiger charge is 2.14. The highest BCUT2D eigenvalue weighted by atomic mass is 32.1. The van der Waals surface area contributed by atoms with Gasteiger partial charge in [-0.1, -0.05) is 0 Å². The molecular weight excluding hydrogens is 270 g/mol. The molecule has 0 aliphatic heterocycles. The maximum absolute atomic E-state index is 11.5. The van der Waals surface area contributed by atoms with Gasteiger partial charge in [-0.3, -0.25) is 14.9 Å². The molecule has 0 spiro atoms. The van der Waals surface area contributed by atoms with Crippen LogP contribution in [0.15, 0.2) is 6.20 Å². The first-order valence-electron chi connectivity index (χ1n) is 5.63. The molecule has 0 aromatic carbocycles. The first-order valence-corrected chi connectivity index (χ1v) is 6.44. The number of carboxylic acid groups (broad SMARTS) is 1. The van der Waals surface area contributed by atoms with Crippen molar-refractivity contribution in [2.45, 2.75) is 32.7 Å². The lowest BCUT2D eigenvalue weighted by molar-refractivity contribution is -0.138. The van der Waals surface area contributed by atoms with E-state index < -0.39 is 17.9 Å². The van der Waals surface area contributed by atoms with Crippen LogP contribution in [0, 0.1) is 6.92 Å².